The number of anilines is 6. The first-order chi connectivity index (χ1) is 32.4. The lowest BCUT2D eigenvalue weighted by atomic mass is 9.74. The summed E-state index contributed by atoms with van der Waals surface area (Å²) in [5.74, 6) is 0. The van der Waals surface area contributed by atoms with Gasteiger partial charge in [-0.25, -0.2) is 0 Å². The van der Waals surface area contributed by atoms with Gasteiger partial charge < -0.3 is 9.80 Å². The molecule has 0 bridgehead atoms. The lowest BCUT2D eigenvalue weighted by Crippen LogP contribution is -2.23. The van der Waals surface area contributed by atoms with Gasteiger partial charge >= 0.3 is 0 Å². The number of hydrogen-bond acceptors (Lipinski definition) is 4. The molecule has 0 atom stereocenters. The van der Waals surface area contributed by atoms with Crippen LogP contribution >= 0.6 is 0 Å². The third-order valence-corrected chi connectivity index (χ3v) is 14.8. The Morgan fingerprint density at radius 3 is 1.00 bits per heavy atom. The zero-order valence-corrected chi connectivity index (χ0v) is 38.1. The lowest BCUT2D eigenvalue weighted by molar-refractivity contribution is 0.490. The van der Waals surface area contributed by atoms with E-state index in [4.69, 9.17) is 0 Å². The maximum Gasteiger partial charge on any atom is 0.101 e. The zero-order valence-electron chi connectivity index (χ0n) is 38.1. The number of nitrogens with zero attached hydrogens (tertiary/aromatic N) is 4. The van der Waals surface area contributed by atoms with Crippen LogP contribution < -0.4 is 9.80 Å². The minimum absolute atomic E-state index is 0.0580. The summed E-state index contributed by atoms with van der Waals surface area (Å²) < 4.78 is 0. The molecule has 0 N–H and O–H groups in total. The first-order valence-corrected chi connectivity index (χ1v) is 23.4. The van der Waals surface area contributed by atoms with Gasteiger partial charge in [-0.1, -0.05) is 149 Å². The van der Waals surface area contributed by atoms with Gasteiger partial charge in [-0.3, -0.25) is 0 Å². The quantitative estimate of drug-likeness (QED) is 0.0907. The van der Waals surface area contributed by atoms with Crippen LogP contribution in [-0.4, -0.2) is 0 Å². The molecule has 0 aromatic heterocycles. The summed E-state index contributed by atoms with van der Waals surface area (Å²) in [5.41, 5.74) is 18.9. The fourth-order valence-corrected chi connectivity index (χ4v) is 11.3. The normalized spacial score (nSPS) is 13.8. The minimum Gasteiger partial charge on any atom is -0.310 e. The molecule has 2 aliphatic carbocycles. The van der Waals surface area contributed by atoms with Gasteiger partial charge in [0.15, 0.2) is 0 Å². The van der Waals surface area contributed by atoms with Gasteiger partial charge in [-0.15, -0.1) is 0 Å². The van der Waals surface area contributed by atoms with E-state index in [0.717, 1.165) is 59.8 Å². The molecule has 0 heterocycles. The average molecular weight is 853 g/mol. The Bertz CT molecular complexity index is 2980. The number of fused-ring (bicyclic) bond motifs is 6. The molecular formula is C62H52N4. The molecule has 10 rings (SSSR count). The van der Waals surface area contributed by atoms with Crippen molar-refractivity contribution in [2.45, 2.75) is 64.2 Å². The fourth-order valence-electron chi connectivity index (χ4n) is 11.3. The highest BCUT2D eigenvalue weighted by atomic mass is 15.1. The van der Waals surface area contributed by atoms with Crippen LogP contribution in [0.1, 0.15) is 86.8 Å². The van der Waals surface area contributed by atoms with Crippen LogP contribution in [0.4, 0.5) is 34.1 Å². The number of rotatable bonds is 12. The van der Waals surface area contributed by atoms with Crippen LogP contribution in [0, 0.1) is 22.7 Å². The predicted molar refractivity (Wildman–Crippen MR) is 274 cm³/mol. The topological polar surface area (TPSA) is 54.1 Å². The maximum absolute atomic E-state index is 10.7. The van der Waals surface area contributed by atoms with E-state index < -0.39 is 0 Å². The third-order valence-electron chi connectivity index (χ3n) is 14.8. The molecule has 0 fully saturated rings. The van der Waals surface area contributed by atoms with E-state index in [2.05, 4.69) is 207 Å². The number of nitriles is 2. The Labute approximate surface area is 390 Å². The minimum atomic E-state index is -0.0580. The van der Waals surface area contributed by atoms with Crippen molar-refractivity contribution in [3.63, 3.8) is 0 Å². The molecule has 0 saturated carbocycles. The van der Waals surface area contributed by atoms with Crippen LogP contribution in [0.3, 0.4) is 0 Å². The van der Waals surface area contributed by atoms with Crippen molar-refractivity contribution in [1.29, 1.82) is 10.5 Å². The molecule has 0 radical (unpaired) electrons. The number of benzene rings is 8. The second-order valence-corrected chi connectivity index (χ2v) is 17.5. The van der Waals surface area contributed by atoms with Crippen molar-refractivity contribution in [1.82, 2.24) is 0 Å². The second-order valence-electron chi connectivity index (χ2n) is 17.5. The highest BCUT2D eigenvalue weighted by Gasteiger charge is 2.42. The first kappa shape index (κ1) is 42.1. The molecule has 320 valence electrons. The van der Waals surface area contributed by atoms with Gasteiger partial charge in [0.2, 0.25) is 0 Å². The summed E-state index contributed by atoms with van der Waals surface area (Å²) >= 11 is 0. The summed E-state index contributed by atoms with van der Waals surface area (Å²) in [6.45, 7) is 9.21. The SMILES string of the molecule is CCC1(CC)c2ccccc2-c2ccc(N(c3ccccc3)c3ccc(/C(C#N)=C(\C#N)c4ccc(N(c5ccccc5)c5ccc6c(c5)C(CC)(CC)c5ccccc5-6)cc4)cc3)cc21. The van der Waals surface area contributed by atoms with Crippen molar-refractivity contribution in [2.24, 2.45) is 0 Å². The van der Waals surface area contributed by atoms with Gasteiger partial charge in [-0.2, -0.15) is 10.5 Å². The number of hydrogen-bond donors (Lipinski definition) is 0. The van der Waals surface area contributed by atoms with E-state index >= 15 is 0 Å². The van der Waals surface area contributed by atoms with Crippen molar-refractivity contribution < 1.29 is 0 Å². The van der Waals surface area contributed by atoms with E-state index in [1.165, 1.54) is 44.5 Å². The molecule has 2 aliphatic rings. The number of allylic oxidation sites excluding steroid dienone is 2. The van der Waals surface area contributed by atoms with Crippen LogP contribution in [0.15, 0.2) is 194 Å². The van der Waals surface area contributed by atoms with Crippen LogP contribution in [0.5, 0.6) is 0 Å². The van der Waals surface area contributed by atoms with Crippen molar-refractivity contribution in [3.8, 4) is 34.4 Å². The van der Waals surface area contributed by atoms with E-state index in [0.29, 0.717) is 22.3 Å². The summed E-state index contributed by atoms with van der Waals surface area (Å²) in [7, 11) is 0. The molecule has 4 heteroatoms. The highest BCUT2D eigenvalue weighted by Crippen LogP contribution is 2.56. The van der Waals surface area contributed by atoms with E-state index in [-0.39, 0.29) is 10.8 Å². The molecular weight excluding hydrogens is 801 g/mol. The Hall–Kier alpha value is -7.92. The van der Waals surface area contributed by atoms with E-state index in [9.17, 15) is 10.5 Å². The van der Waals surface area contributed by atoms with E-state index in [1.807, 2.05) is 36.4 Å². The molecule has 8 aromatic carbocycles. The highest BCUT2D eigenvalue weighted by molar-refractivity contribution is 6.03. The van der Waals surface area contributed by atoms with Crippen molar-refractivity contribution >= 4 is 45.3 Å². The fraction of sp³-hybridized carbons (Fsp3) is 0.161. The van der Waals surface area contributed by atoms with Crippen LogP contribution in [0.2, 0.25) is 0 Å². The standard InChI is InChI=1S/C62H52N4/c1-5-61(6-2)57-25-17-15-23-51(57)53-37-35-49(39-59(53)61)65(45-19-11-9-12-20-45)47-31-27-43(28-32-47)55(41-63)56(42-64)44-29-33-48(34-30-44)66(46-21-13-10-14-22-46)50-36-38-54-52-24-16-18-26-58(52)62(7-3,8-4)60(54)40-50/h9-40H,5-8H2,1-4H3/b56-55+. The lowest BCUT2D eigenvalue weighted by Gasteiger charge is -2.31. The van der Waals surface area contributed by atoms with Gasteiger partial charge in [0.1, 0.15) is 12.1 Å². The van der Waals surface area contributed by atoms with Gasteiger partial charge in [0, 0.05) is 45.0 Å². The van der Waals surface area contributed by atoms with Crippen LogP contribution in [-0.2, 0) is 10.8 Å². The zero-order chi connectivity index (χ0) is 45.4. The van der Waals surface area contributed by atoms with Gasteiger partial charge in [0.25, 0.3) is 0 Å². The summed E-state index contributed by atoms with van der Waals surface area (Å²) in [6.07, 6.45) is 4.05. The van der Waals surface area contributed by atoms with Gasteiger partial charge in [-0.05, 0) is 154 Å². The molecule has 0 spiro atoms. The molecule has 66 heavy (non-hydrogen) atoms. The molecule has 8 aromatic rings. The van der Waals surface area contributed by atoms with Crippen molar-refractivity contribution in [3.05, 3.63) is 228 Å². The maximum atomic E-state index is 10.7. The smallest absolute Gasteiger partial charge is 0.101 e. The predicted octanol–water partition coefficient (Wildman–Crippen LogP) is 16.8. The van der Waals surface area contributed by atoms with E-state index in [1.54, 1.807) is 0 Å². The Kier molecular flexibility index (Phi) is 11.0. The molecule has 0 saturated heterocycles. The Balaban J connectivity index is 1.00. The second kappa shape index (κ2) is 17.2. The third kappa shape index (κ3) is 6.64. The monoisotopic (exact) mass is 852 g/mol. The summed E-state index contributed by atoms with van der Waals surface area (Å²) in [5, 5.41) is 21.4. The summed E-state index contributed by atoms with van der Waals surface area (Å²) in [6, 6.07) is 73.3. The number of para-hydroxylation sites is 2. The summed E-state index contributed by atoms with van der Waals surface area (Å²) in [4.78, 5) is 4.57. The molecule has 0 amide bonds. The van der Waals surface area contributed by atoms with Crippen LogP contribution in [0.25, 0.3) is 33.4 Å². The first-order valence-electron chi connectivity index (χ1n) is 23.4. The molecule has 0 unspecified atom stereocenters. The molecule has 4 nitrogen and oxygen atoms in total. The Morgan fingerprint density at radius 1 is 0.348 bits per heavy atom. The average Bonchev–Trinajstić information content (AvgIpc) is 3.83. The van der Waals surface area contributed by atoms with Gasteiger partial charge in [0.05, 0.1) is 11.1 Å². The largest absolute Gasteiger partial charge is 0.310 e. The molecule has 0 aliphatic heterocycles. The van der Waals surface area contributed by atoms with Crippen molar-refractivity contribution in [2.75, 3.05) is 9.80 Å². The Morgan fingerprint density at radius 2 is 0.652 bits per heavy atom.